The highest BCUT2D eigenvalue weighted by atomic mass is 28.4. The van der Waals surface area contributed by atoms with Crippen molar-refractivity contribution in [1.82, 2.24) is 19.6 Å². The molecular weight excluding hydrogens is 408 g/mol. The van der Waals surface area contributed by atoms with Gasteiger partial charge in [-0.25, -0.2) is 4.68 Å². The predicted molar refractivity (Wildman–Crippen MR) is 112 cm³/mol. The lowest BCUT2D eigenvalue weighted by Gasteiger charge is -2.24. The molecule has 1 atom stereocenters. The first-order valence-electron chi connectivity index (χ1n) is 9.89. The minimum Gasteiger partial charge on any atom is -0.388 e. The van der Waals surface area contributed by atoms with E-state index in [0.717, 1.165) is 29.3 Å². The van der Waals surface area contributed by atoms with Crippen molar-refractivity contribution < 1.29 is 27.9 Å². The average molecular weight is 443 g/mol. The van der Waals surface area contributed by atoms with E-state index in [4.69, 9.17) is 22.8 Å². The molecule has 0 amide bonds. The molecule has 0 bridgehead atoms. The lowest BCUT2D eigenvalue weighted by Crippen LogP contribution is -2.42. The Morgan fingerprint density at radius 3 is 2.27 bits per heavy atom. The summed E-state index contributed by atoms with van der Waals surface area (Å²) < 4.78 is 30.8. The highest BCUT2D eigenvalue weighted by Crippen LogP contribution is 2.15. The van der Waals surface area contributed by atoms with E-state index in [1.807, 2.05) is 37.7 Å². The molecule has 2 rings (SSSR count). The van der Waals surface area contributed by atoms with Crippen LogP contribution in [0.15, 0.2) is 12.1 Å². The van der Waals surface area contributed by atoms with Gasteiger partial charge in [0, 0.05) is 58.5 Å². The number of aryl methyl sites for hydroxylation is 3. The molecule has 0 spiro atoms. The molecule has 1 unspecified atom stereocenters. The first-order chi connectivity index (χ1) is 14.3. The Kier molecular flexibility index (Phi) is 9.62. The highest BCUT2D eigenvalue weighted by Gasteiger charge is 2.36. The quantitative estimate of drug-likeness (QED) is 0.346. The third-order valence-electron chi connectivity index (χ3n) is 4.83. The van der Waals surface area contributed by atoms with E-state index in [1.54, 1.807) is 26.0 Å². The van der Waals surface area contributed by atoms with Crippen LogP contribution in [0.25, 0.3) is 5.82 Å². The third kappa shape index (κ3) is 6.70. The van der Waals surface area contributed by atoms with Crippen molar-refractivity contribution >= 4 is 8.80 Å². The van der Waals surface area contributed by atoms with Crippen LogP contribution >= 0.6 is 0 Å². The van der Waals surface area contributed by atoms with Crippen molar-refractivity contribution in [1.29, 1.82) is 0 Å². The van der Waals surface area contributed by atoms with Crippen LogP contribution < -0.4 is 0 Å². The van der Waals surface area contributed by atoms with Crippen molar-refractivity contribution in [2.45, 2.75) is 39.0 Å². The van der Waals surface area contributed by atoms with Gasteiger partial charge in [0.05, 0.1) is 25.5 Å². The van der Waals surface area contributed by atoms with Crippen molar-refractivity contribution in [3.05, 3.63) is 29.2 Å². The maximum absolute atomic E-state index is 10.0. The second kappa shape index (κ2) is 11.7. The molecule has 0 radical (unpaired) electrons. The number of hydrogen-bond donors (Lipinski definition) is 1. The summed E-state index contributed by atoms with van der Waals surface area (Å²) in [5.41, 5.74) is 2.81. The zero-order valence-electron chi connectivity index (χ0n) is 18.8. The first kappa shape index (κ1) is 24.7. The molecular formula is C19H34N4O6Si. The van der Waals surface area contributed by atoms with Crippen LogP contribution in [0.4, 0.5) is 0 Å². The van der Waals surface area contributed by atoms with E-state index >= 15 is 0 Å². The normalized spacial score (nSPS) is 13.2. The Morgan fingerprint density at radius 2 is 1.67 bits per heavy atom. The first-order valence-corrected chi connectivity index (χ1v) is 11.8. The minimum atomic E-state index is -2.56. The van der Waals surface area contributed by atoms with Crippen LogP contribution in [-0.2, 0) is 36.4 Å². The van der Waals surface area contributed by atoms with E-state index in [9.17, 15) is 5.11 Å². The summed E-state index contributed by atoms with van der Waals surface area (Å²) in [5.74, 6) is 0.773. The van der Waals surface area contributed by atoms with E-state index in [0.29, 0.717) is 19.3 Å². The van der Waals surface area contributed by atoms with Crippen LogP contribution in [0, 0.1) is 13.8 Å². The Balaban J connectivity index is 1.67. The molecule has 11 heteroatoms. The largest absolute Gasteiger partial charge is 0.500 e. The monoisotopic (exact) mass is 442 g/mol. The van der Waals surface area contributed by atoms with Crippen LogP contribution in [0.1, 0.15) is 23.5 Å². The van der Waals surface area contributed by atoms with E-state index in [-0.39, 0.29) is 13.2 Å². The molecule has 0 saturated heterocycles. The number of ether oxygens (including phenoxy) is 2. The van der Waals surface area contributed by atoms with Gasteiger partial charge in [0.15, 0.2) is 5.82 Å². The molecule has 0 aliphatic carbocycles. The van der Waals surface area contributed by atoms with Gasteiger partial charge in [0.1, 0.15) is 6.10 Å². The number of aliphatic hydroxyl groups is 1. The molecule has 10 nitrogen and oxygen atoms in total. The minimum absolute atomic E-state index is 0.168. The topological polar surface area (TPSA) is 102 Å². The Bertz CT molecular complexity index is 749. The smallest absolute Gasteiger partial charge is 0.388 e. The van der Waals surface area contributed by atoms with Gasteiger partial charge < -0.3 is 27.9 Å². The zero-order chi connectivity index (χ0) is 22.1. The van der Waals surface area contributed by atoms with Gasteiger partial charge in [-0.3, -0.25) is 4.68 Å². The molecule has 1 N–H and O–H groups in total. The predicted octanol–water partition coefficient (Wildman–Crippen LogP) is 1.38. The van der Waals surface area contributed by atoms with E-state index in [1.165, 1.54) is 0 Å². The molecule has 2 heterocycles. The van der Waals surface area contributed by atoms with Crippen LogP contribution in [-0.4, -0.2) is 80.7 Å². The fourth-order valence-electron chi connectivity index (χ4n) is 3.00. The lowest BCUT2D eigenvalue weighted by molar-refractivity contribution is -0.0243. The summed E-state index contributed by atoms with van der Waals surface area (Å²) in [6.45, 7) is 5.12. The summed E-state index contributed by atoms with van der Waals surface area (Å²) in [4.78, 5) is 0. The summed E-state index contributed by atoms with van der Waals surface area (Å²) in [6.07, 6.45) is 0.0138. The van der Waals surface area contributed by atoms with Gasteiger partial charge in [-0.05, 0) is 26.3 Å². The maximum Gasteiger partial charge on any atom is 0.500 e. The Hall–Kier alpha value is -1.60. The zero-order valence-corrected chi connectivity index (χ0v) is 19.8. The van der Waals surface area contributed by atoms with E-state index < -0.39 is 14.9 Å². The van der Waals surface area contributed by atoms with Crippen molar-refractivity contribution in [3.63, 3.8) is 0 Å². The van der Waals surface area contributed by atoms with Gasteiger partial charge in [-0.2, -0.15) is 10.2 Å². The molecule has 170 valence electrons. The van der Waals surface area contributed by atoms with Crippen molar-refractivity contribution in [3.8, 4) is 5.82 Å². The lowest BCUT2D eigenvalue weighted by atomic mass is 10.4. The van der Waals surface area contributed by atoms with Gasteiger partial charge >= 0.3 is 8.80 Å². The molecule has 0 aromatic carbocycles. The summed E-state index contributed by atoms with van der Waals surface area (Å²) in [5, 5.41) is 19.0. The number of nitrogens with zero attached hydrogens (tertiary/aromatic N) is 4. The molecule has 0 aliphatic rings. The summed E-state index contributed by atoms with van der Waals surface area (Å²) in [7, 11) is 4.09. The second-order valence-corrected chi connectivity index (χ2v) is 10.2. The summed E-state index contributed by atoms with van der Waals surface area (Å²) >= 11 is 0. The number of rotatable bonds is 14. The number of aliphatic hydroxyl groups excluding tert-OH is 1. The maximum atomic E-state index is 10.0. The fourth-order valence-corrected chi connectivity index (χ4v) is 4.69. The third-order valence-corrected chi connectivity index (χ3v) is 7.66. The fraction of sp³-hybridized carbons (Fsp3) is 0.684. The highest BCUT2D eigenvalue weighted by molar-refractivity contribution is 6.60. The molecule has 0 fully saturated rings. The number of hydrogen-bond acceptors (Lipinski definition) is 8. The molecule has 0 saturated carbocycles. The van der Waals surface area contributed by atoms with Gasteiger partial charge in [0.2, 0.25) is 0 Å². The van der Waals surface area contributed by atoms with E-state index in [2.05, 4.69) is 10.2 Å². The van der Waals surface area contributed by atoms with Crippen molar-refractivity contribution in [2.75, 3.05) is 41.2 Å². The van der Waals surface area contributed by atoms with Crippen molar-refractivity contribution in [2.24, 2.45) is 7.05 Å². The molecule has 30 heavy (non-hydrogen) atoms. The van der Waals surface area contributed by atoms with Gasteiger partial charge in [-0.1, -0.05) is 0 Å². The van der Waals surface area contributed by atoms with Gasteiger partial charge in [-0.15, -0.1) is 0 Å². The van der Waals surface area contributed by atoms with Crippen LogP contribution in [0.2, 0.25) is 6.04 Å². The Labute approximate surface area is 179 Å². The second-order valence-electron chi connectivity index (χ2n) is 7.10. The number of aromatic nitrogens is 4. The van der Waals surface area contributed by atoms with Gasteiger partial charge in [0.25, 0.3) is 0 Å². The average Bonchev–Trinajstić information content (AvgIpc) is 3.26. The molecule has 0 aliphatic heterocycles. The summed E-state index contributed by atoms with van der Waals surface area (Å²) in [6, 6.07) is 4.58. The molecule has 2 aromatic rings. The van der Waals surface area contributed by atoms with Crippen LogP contribution in [0.3, 0.4) is 0 Å². The molecule has 2 aromatic heterocycles. The SMILES string of the molecule is CO[Si](CCCOCC(O)COCc1cc(C)n(-c2cc(C)n(C)n2)n1)(OC)OC. The standard InChI is InChI=1S/C19H34N4O6Si/c1-15-11-19(21-22(15)3)23-16(2)10-17(20-23)12-29-14-18(24)13-28-8-7-9-30(25-4,26-5)27-6/h10-11,18,24H,7-9,12-14H2,1-6H3. The van der Waals surface area contributed by atoms with Crippen LogP contribution in [0.5, 0.6) is 0 Å². The Morgan fingerprint density at radius 1 is 1.00 bits per heavy atom.